The second kappa shape index (κ2) is 9.14. The predicted molar refractivity (Wildman–Crippen MR) is 46.2 cm³/mol. The van der Waals surface area contributed by atoms with E-state index in [1.807, 2.05) is 13.8 Å². The Morgan fingerprint density at radius 3 is 1.64 bits per heavy atom. The third-order valence-electron chi connectivity index (χ3n) is 1.18. The van der Waals surface area contributed by atoms with E-state index in [0.29, 0.717) is 6.42 Å². The van der Waals surface area contributed by atoms with Crippen LogP contribution in [0.15, 0.2) is 5.16 Å². The lowest BCUT2D eigenvalue weighted by Gasteiger charge is -1.81. The molecule has 0 saturated carbocycles. The van der Waals surface area contributed by atoms with Crippen LogP contribution in [0.2, 0.25) is 0 Å². The van der Waals surface area contributed by atoms with Crippen LogP contribution in [-0.4, -0.2) is 16.7 Å². The van der Waals surface area contributed by atoms with Gasteiger partial charge in [-0.3, -0.25) is 0 Å². The largest absolute Gasteiger partial charge is 0.411 e. The molecule has 3 heteroatoms. The van der Waals surface area contributed by atoms with Crippen molar-refractivity contribution in [3.63, 3.8) is 0 Å². The number of hydrogen-bond donors (Lipinski definition) is 1. The molecule has 0 aliphatic heterocycles. The maximum atomic E-state index is 9.81. The first-order valence-electron chi connectivity index (χ1n) is 3.75. The van der Waals surface area contributed by atoms with Crippen LogP contribution in [0.4, 0.5) is 0 Å². The molecular formula is C8H17NO2. The number of nitrogens with zero attached hydrogens (tertiary/aromatic N) is 1. The van der Waals surface area contributed by atoms with E-state index in [1.54, 1.807) is 13.8 Å². The summed E-state index contributed by atoms with van der Waals surface area (Å²) >= 11 is 0. The third-order valence-corrected chi connectivity index (χ3v) is 1.18. The van der Waals surface area contributed by atoms with E-state index in [9.17, 15) is 4.79 Å². The number of rotatable bonds is 2. The van der Waals surface area contributed by atoms with Crippen molar-refractivity contribution in [1.82, 2.24) is 0 Å². The minimum atomic E-state index is 0.255. The molecule has 0 rings (SSSR count). The van der Waals surface area contributed by atoms with Gasteiger partial charge in [-0.15, -0.1) is 0 Å². The number of oxime groups is 1. The molecule has 0 aromatic rings. The molecule has 0 atom stereocenters. The average molecular weight is 159 g/mol. The minimum absolute atomic E-state index is 0.255. The van der Waals surface area contributed by atoms with E-state index < -0.39 is 0 Å². The molecular weight excluding hydrogens is 142 g/mol. The molecule has 0 aromatic heterocycles. The first kappa shape index (κ1) is 12.8. The summed E-state index contributed by atoms with van der Waals surface area (Å²) in [5.74, 6) is 0.255. The van der Waals surface area contributed by atoms with Crippen LogP contribution in [0.5, 0.6) is 0 Å². The highest BCUT2D eigenvalue weighted by Crippen LogP contribution is 1.78. The second-order valence-electron chi connectivity index (χ2n) is 2.24. The van der Waals surface area contributed by atoms with Crippen molar-refractivity contribution in [2.75, 3.05) is 0 Å². The van der Waals surface area contributed by atoms with E-state index in [4.69, 9.17) is 5.21 Å². The van der Waals surface area contributed by atoms with Gasteiger partial charge in [-0.1, -0.05) is 19.0 Å². The summed E-state index contributed by atoms with van der Waals surface area (Å²) in [4.78, 5) is 9.81. The second-order valence-corrected chi connectivity index (χ2v) is 2.24. The van der Waals surface area contributed by atoms with Crippen LogP contribution in [0, 0.1) is 0 Å². The highest BCUT2D eigenvalue weighted by atomic mass is 16.4. The van der Waals surface area contributed by atoms with E-state index in [2.05, 4.69) is 5.16 Å². The molecule has 0 amide bonds. The zero-order valence-corrected chi connectivity index (χ0v) is 7.72. The predicted octanol–water partition coefficient (Wildman–Crippen LogP) is 2.23. The number of ketones is 1. The summed E-state index contributed by atoms with van der Waals surface area (Å²) < 4.78 is 0. The number of Topliss-reactive ketones (excluding diaryl/α,β-unsaturated/α-hetero) is 1. The van der Waals surface area contributed by atoms with Crippen LogP contribution in [0.25, 0.3) is 0 Å². The van der Waals surface area contributed by atoms with Crippen molar-refractivity contribution >= 4 is 11.5 Å². The fraction of sp³-hybridized carbons (Fsp3) is 0.750. The number of hydrogen-bond acceptors (Lipinski definition) is 3. The zero-order valence-electron chi connectivity index (χ0n) is 7.72. The zero-order chi connectivity index (χ0) is 9.28. The Labute approximate surface area is 68.1 Å². The molecule has 3 nitrogen and oxygen atoms in total. The van der Waals surface area contributed by atoms with Crippen LogP contribution in [-0.2, 0) is 4.79 Å². The summed E-state index contributed by atoms with van der Waals surface area (Å²) in [5.41, 5.74) is 0.773. The quantitative estimate of drug-likeness (QED) is 0.381. The maximum absolute atomic E-state index is 9.81. The van der Waals surface area contributed by atoms with Gasteiger partial charge in [0.2, 0.25) is 0 Å². The third kappa shape index (κ3) is 17.6. The van der Waals surface area contributed by atoms with Gasteiger partial charge in [-0.2, -0.15) is 0 Å². The Balaban J connectivity index is 0. The Kier molecular flexibility index (Phi) is 10.6. The molecule has 0 saturated heterocycles. The molecule has 11 heavy (non-hydrogen) atoms. The molecule has 0 aromatic carbocycles. The van der Waals surface area contributed by atoms with Crippen molar-refractivity contribution in [2.24, 2.45) is 5.16 Å². The van der Waals surface area contributed by atoms with E-state index in [0.717, 1.165) is 12.1 Å². The number of carbonyl (C=O) groups is 1. The van der Waals surface area contributed by atoms with Gasteiger partial charge in [-0.05, 0) is 20.3 Å². The molecule has 66 valence electrons. The lowest BCUT2D eigenvalue weighted by molar-refractivity contribution is -0.116. The minimum Gasteiger partial charge on any atom is -0.411 e. The van der Waals surface area contributed by atoms with Crippen molar-refractivity contribution in [1.29, 1.82) is 0 Å². The molecule has 0 aliphatic rings. The van der Waals surface area contributed by atoms with Gasteiger partial charge < -0.3 is 10.0 Å². The fourth-order valence-electron chi connectivity index (χ4n) is 0.0707. The van der Waals surface area contributed by atoms with Crippen LogP contribution in [0.1, 0.15) is 40.5 Å². The smallest absolute Gasteiger partial charge is 0.129 e. The van der Waals surface area contributed by atoms with Gasteiger partial charge in [0.15, 0.2) is 0 Å². The van der Waals surface area contributed by atoms with Crippen LogP contribution in [0.3, 0.4) is 0 Å². The van der Waals surface area contributed by atoms with Gasteiger partial charge in [0.25, 0.3) is 0 Å². The molecule has 0 bridgehead atoms. The molecule has 1 N–H and O–H groups in total. The van der Waals surface area contributed by atoms with Gasteiger partial charge in [-0.25, -0.2) is 0 Å². The van der Waals surface area contributed by atoms with Crippen molar-refractivity contribution in [3.8, 4) is 0 Å². The van der Waals surface area contributed by atoms with E-state index in [-0.39, 0.29) is 5.78 Å². The van der Waals surface area contributed by atoms with Crippen molar-refractivity contribution in [2.45, 2.75) is 40.5 Å². The number of carbonyl (C=O) groups excluding carboxylic acids is 1. The van der Waals surface area contributed by atoms with Gasteiger partial charge in [0.1, 0.15) is 5.78 Å². The van der Waals surface area contributed by atoms with E-state index >= 15 is 0 Å². The highest BCUT2D eigenvalue weighted by Gasteiger charge is 1.78. The van der Waals surface area contributed by atoms with Crippen molar-refractivity contribution in [3.05, 3.63) is 0 Å². The monoisotopic (exact) mass is 159 g/mol. The highest BCUT2D eigenvalue weighted by molar-refractivity contribution is 5.80. The summed E-state index contributed by atoms with van der Waals surface area (Å²) in [6.07, 6.45) is 1.50. The van der Waals surface area contributed by atoms with E-state index in [1.165, 1.54) is 0 Å². The standard InChI is InChI=1S/C4H9NO.C4H8O/c1-3-4(2)5-6;1-3-4(2)5/h6H,3H2,1-2H3;3H2,1-2H3. The molecule has 0 radical (unpaired) electrons. The molecule has 0 aliphatic carbocycles. The molecule has 0 spiro atoms. The average Bonchev–Trinajstić information content (AvgIpc) is 2.04. The first-order valence-corrected chi connectivity index (χ1v) is 3.75. The van der Waals surface area contributed by atoms with Gasteiger partial charge in [0, 0.05) is 6.42 Å². The molecule has 0 unspecified atom stereocenters. The van der Waals surface area contributed by atoms with Crippen molar-refractivity contribution < 1.29 is 10.0 Å². The summed E-state index contributed by atoms with van der Waals surface area (Å²) in [6.45, 7) is 7.15. The fourth-order valence-corrected chi connectivity index (χ4v) is 0.0707. The summed E-state index contributed by atoms with van der Waals surface area (Å²) in [5, 5.41) is 10.8. The van der Waals surface area contributed by atoms with Gasteiger partial charge in [0.05, 0.1) is 5.71 Å². The molecule has 0 fully saturated rings. The lowest BCUT2D eigenvalue weighted by atomic mass is 10.3. The Morgan fingerprint density at radius 1 is 1.27 bits per heavy atom. The van der Waals surface area contributed by atoms with Gasteiger partial charge >= 0.3 is 0 Å². The summed E-state index contributed by atoms with van der Waals surface area (Å²) in [7, 11) is 0. The normalized spacial score (nSPS) is 10.0. The first-order chi connectivity index (χ1) is 5.08. The summed E-state index contributed by atoms with van der Waals surface area (Å²) in [6, 6.07) is 0. The topological polar surface area (TPSA) is 49.7 Å². The Bertz CT molecular complexity index is 130. The Hall–Kier alpha value is -0.860. The lowest BCUT2D eigenvalue weighted by Crippen LogP contribution is -1.83. The van der Waals surface area contributed by atoms with Crippen LogP contribution >= 0.6 is 0 Å². The Morgan fingerprint density at radius 2 is 1.64 bits per heavy atom. The SMILES string of the molecule is CCC(C)=NO.CCC(C)=O. The maximum Gasteiger partial charge on any atom is 0.129 e. The van der Waals surface area contributed by atoms with Crippen LogP contribution < -0.4 is 0 Å². The molecule has 0 heterocycles.